The largest absolute Gasteiger partial charge is 0.493 e. The SMILES string of the molecule is COc1cc(CN2CCc3cnc(C(N)=O)nc3C2)ccc1OCc1ccccc1. The maximum absolute atomic E-state index is 11.4. The van der Waals surface area contributed by atoms with Gasteiger partial charge < -0.3 is 15.2 Å². The number of fused-ring (bicyclic) bond motifs is 1. The molecule has 154 valence electrons. The van der Waals surface area contributed by atoms with Gasteiger partial charge in [-0.15, -0.1) is 0 Å². The van der Waals surface area contributed by atoms with Crippen LogP contribution in [0.2, 0.25) is 0 Å². The van der Waals surface area contributed by atoms with Crippen LogP contribution in [0.15, 0.2) is 54.7 Å². The fraction of sp³-hybridized carbons (Fsp3) is 0.261. The summed E-state index contributed by atoms with van der Waals surface area (Å²) in [5, 5.41) is 0. The first kappa shape index (κ1) is 19.8. The lowest BCUT2D eigenvalue weighted by molar-refractivity contribution is 0.0989. The number of rotatable bonds is 7. The van der Waals surface area contributed by atoms with Crippen molar-refractivity contribution >= 4 is 5.91 Å². The molecule has 0 fully saturated rings. The number of hydrogen-bond acceptors (Lipinski definition) is 6. The van der Waals surface area contributed by atoms with Crippen molar-refractivity contribution in [2.75, 3.05) is 13.7 Å². The van der Waals surface area contributed by atoms with Crippen molar-refractivity contribution in [3.05, 3.63) is 82.9 Å². The minimum Gasteiger partial charge on any atom is -0.493 e. The Kier molecular flexibility index (Phi) is 5.90. The monoisotopic (exact) mass is 404 g/mol. The molecule has 1 amide bonds. The van der Waals surface area contributed by atoms with Crippen LogP contribution in [0.1, 0.15) is 33.0 Å². The van der Waals surface area contributed by atoms with Crippen LogP contribution in [-0.4, -0.2) is 34.4 Å². The Morgan fingerprint density at radius 3 is 2.73 bits per heavy atom. The lowest BCUT2D eigenvalue weighted by atomic mass is 10.1. The molecule has 0 saturated heterocycles. The Morgan fingerprint density at radius 2 is 1.97 bits per heavy atom. The summed E-state index contributed by atoms with van der Waals surface area (Å²) >= 11 is 0. The number of carbonyl (C=O) groups is 1. The van der Waals surface area contributed by atoms with E-state index >= 15 is 0 Å². The molecule has 30 heavy (non-hydrogen) atoms. The maximum atomic E-state index is 11.4. The van der Waals surface area contributed by atoms with Gasteiger partial charge in [0, 0.05) is 25.8 Å². The molecule has 0 bridgehead atoms. The summed E-state index contributed by atoms with van der Waals surface area (Å²) in [5.41, 5.74) is 9.46. The number of carbonyl (C=O) groups excluding carboxylic acids is 1. The number of aromatic nitrogens is 2. The topological polar surface area (TPSA) is 90.6 Å². The molecule has 3 aromatic rings. The third-order valence-corrected chi connectivity index (χ3v) is 5.12. The van der Waals surface area contributed by atoms with Crippen molar-refractivity contribution < 1.29 is 14.3 Å². The van der Waals surface area contributed by atoms with E-state index < -0.39 is 5.91 Å². The quantitative estimate of drug-likeness (QED) is 0.651. The van der Waals surface area contributed by atoms with E-state index in [2.05, 4.69) is 14.9 Å². The van der Waals surface area contributed by atoms with E-state index in [9.17, 15) is 4.79 Å². The predicted molar refractivity (Wildman–Crippen MR) is 112 cm³/mol. The highest BCUT2D eigenvalue weighted by molar-refractivity contribution is 5.88. The van der Waals surface area contributed by atoms with Crippen LogP contribution in [0.4, 0.5) is 0 Å². The molecule has 1 aliphatic heterocycles. The normalized spacial score (nSPS) is 13.5. The fourth-order valence-corrected chi connectivity index (χ4v) is 3.53. The van der Waals surface area contributed by atoms with Gasteiger partial charge in [-0.25, -0.2) is 9.97 Å². The van der Waals surface area contributed by atoms with Gasteiger partial charge in [0.1, 0.15) is 6.61 Å². The lowest BCUT2D eigenvalue weighted by Gasteiger charge is -2.28. The van der Waals surface area contributed by atoms with E-state index in [1.165, 1.54) is 0 Å². The highest BCUT2D eigenvalue weighted by Gasteiger charge is 2.20. The molecule has 0 radical (unpaired) electrons. The van der Waals surface area contributed by atoms with Gasteiger partial charge in [-0.05, 0) is 35.2 Å². The molecule has 1 aliphatic rings. The van der Waals surface area contributed by atoms with E-state index in [1.807, 2.05) is 48.5 Å². The first-order chi connectivity index (χ1) is 14.6. The molecule has 0 spiro atoms. The number of nitrogens with two attached hydrogens (primary N) is 1. The molecule has 2 heterocycles. The van der Waals surface area contributed by atoms with Crippen LogP contribution in [0.25, 0.3) is 0 Å². The van der Waals surface area contributed by atoms with E-state index in [0.29, 0.717) is 24.7 Å². The Hall–Kier alpha value is -3.45. The zero-order chi connectivity index (χ0) is 20.9. The van der Waals surface area contributed by atoms with E-state index in [4.69, 9.17) is 15.2 Å². The van der Waals surface area contributed by atoms with Crippen molar-refractivity contribution in [1.82, 2.24) is 14.9 Å². The first-order valence-corrected chi connectivity index (χ1v) is 9.83. The average molecular weight is 404 g/mol. The molecule has 0 unspecified atom stereocenters. The van der Waals surface area contributed by atoms with Gasteiger partial charge in [0.25, 0.3) is 5.91 Å². The van der Waals surface area contributed by atoms with Crippen LogP contribution in [0.3, 0.4) is 0 Å². The van der Waals surface area contributed by atoms with E-state index in [1.54, 1.807) is 13.3 Å². The minimum atomic E-state index is -0.606. The molecular formula is C23H24N4O3. The third kappa shape index (κ3) is 4.58. The number of nitrogens with zero attached hydrogens (tertiary/aromatic N) is 3. The zero-order valence-electron chi connectivity index (χ0n) is 16.9. The molecule has 1 aromatic heterocycles. The van der Waals surface area contributed by atoms with Crippen molar-refractivity contribution in [3.8, 4) is 11.5 Å². The molecule has 2 N–H and O–H groups in total. The highest BCUT2D eigenvalue weighted by atomic mass is 16.5. The molecule has 2 aromatic carbocycles. The van der Waals surface area contributed by atoms with Crippen molar-refractivity contribution in [1.29, 1.82) is 0 Å². The van der Waals surface area contributed by atoms with Gasteiger partial charge in [0.15, 0.2) is 11.5 Å². The van der Waals surface area contributed by atoms with Gasteiger partial charge in [0.05, 0.1) is 12.8 Å². The summed E-state index contributed by atoms with van der Waals surface area (Å²) in [6, 6.07) is 16.0. The van der Waals surface area contributed by atoms with E-state index in [0.717, 1.165) is 41.9 Å². The van der Waals surface area contributed by atoms with Gasteiger partial charge in [-0.2, -0.15) is 0 Å². The second-order valence-electron chi connectivity index (χ2n) is 7.25. The van der Waals surface area contributed by atoms with Gasteiger partial charge >= 0.3 is 0 Å². The molecule has 7 heteroatoms. The molecule has 0 aliphatic carbocycles. The second-order valence-corrected chi connectivity index (χ2v) is 7.25. The number of primary amides is 1. The van der Waals surface area contributed by atoms with Gasteiger partial charge in [0.2, 0.25) is 5.82 Å². The van der Waals surface area contributed by atoms with E-state index in [-0.39, 0.29) is 5.82 Å². The molecular weight excluding hydrogens is 380 g/mol. The summed E-state index contributed by atoms with van der Waals surface area (Å²) in [4.78, 5) is 22.0. The van der Waals surface area contributed by atoms with Crippen LogP contribution in [0.5, 0.6) is 11.5 Å². The maximum Gasteiger partial charge on any atom is 0.286 e. The summed E-state index contributed by atoms with van der Waals surface area (Å²) < 4.78 is 11.5. The molecule has 4 rings (SSSR count). The third-order valence-electron chi connectivity index (χ3n) is 5.12. The standard InChI is InChI=1S/C23H24N4O3/c1-29-21-11-17(7-8-20(21)30-15-16-5-3-2-4-6-16)13-27-10-9-18-12-25-23(22(24)28)26-19(18)14-27/h2-8,11-12H,9-10,13-15H2,1H3,(H2,24,28). The van der Waals surface area contributed by atoms with Crippen LogP contribution in [-0.2, 0) is 26.1 Å². The zero-order valence-corrected chi connectivity index (χ0v) is 16.9. The van der Waals surface area contributed by atoms with Gasteiger partial charge in [-0.3, -0.25) is 9.69 Å². The van der Waals surface area contributed by atoms with Crippen LogP contribution in [0, 0.1) is 0 Å². The highest BCUT2D eigenvalue weighted by Crippen LogP contribution is 2.30. The molecule has 0 atom stereocenters. The Bertz CT molecular complexity index is 1040. The number of hydrogen-bond donors (Lipinski definition) is 1. The number of amides is 1. The summed E-state index contributed by atoms with van der Waals surface area (Å²) in [6.07, 6.45) is 2.55. The van der Waals surface area contributed by atoms with Crippen LogP contribution >= 0.6 is 0 Å². The fourth-order valence-electron chi connectivity index (χ4n) is 3.53. The van der Waals surface area contributed by atoms with Crippen molar-refractivity contribution in [3.63, 3.8) is 0 Å². The lowest BCUT2D eigenvalue weighted by Crippen LogP contribution is -2.32. The number of benzene rings is 2. The average Bonchev–Trinajstić information content (AvgIpc) is 2.78. The molecule has 0 saturated carbocycles. The Labute approximate surface area is 175 Å². The number of methoxy groups -OCH3 is 1. The van der Waals surface area contributed by atoms with Crippen molar-refractivity contribution in [2.45, 2.75) is 26.1 Å². The Balaban J connectivity index is 1.43. The van der Waals surface area contributed by atoms with Crippen LogP contribution < -0.4 is 15.2 Å². The minimum absolute atomic E-state index is 0.0668. The smallest absolute Gasteiger partial charge is 0.286 e. The number of ether oxygens (including phenoxy) is 2. The predicted octanol–water partition coefficient (Wildman–Crippen LogP) is 2.72. The summed E-state index contributed by atoms with van der Waals surface area (Å²) in [7, 11) is 1.65. The Morgan fingerprint density at radius 1 is 1.13 bits per heavy atom. The van der Waals surface area contributed by atoms with Crippen molar-refractivity contribution in [2.24, 2.45) is 5.73 Å². The molecule has 7 nitrogen and oxygen atoms in total. The van der Waals surface area contributed by atoms with Gasteiger partial charge in [-0.1, -0.05) is 36.4 Å². The summed E-state index contributed by atoms with van der Waals surface area (Å²) in [6.45, 7) is 2.76. The summed E-state index contributed by atoms with van der Waals surface area (Å²) in [5.74, 6) is 0.884. The first-order valence-electron chi connectivity index (χ1n) is 9.83. The second kappa shape index (κ2) is 8.92.